The van der Waals surface area contributed by atoms with E-state index in [0.717, 1.165) is 5.69 Å². The van der Waals surface area contributed by atoms with Crippen LogP contribution in [0.15, 0.2) is 12.3 Å². The molecule has 1 aliphatic carbocycles. The minimum Gasteiger partial charge on any atom is -0.481 e. The average molecular weight is 223 g/mol. The Kier molecular flexibility index (Phi) is 2.64. The lowest BCUT2D eigenvalue weighted by atomic mass is 10.3. The lowest BCUT2D eigenvalue weighted by molar-refractivity contribution is -0.140. The van der Waals surface area contributed by atoms with Gasteiger partial charge < -0.3 is 10.4 Å². The van der Waals surface area contributed by atoms with Crippen molar-refractivity contribution in [1.29, 1.82) is 0 Å². The van der Waals surface area contributed by atoms with Crippen LogP contribution in [0.2, 0.25) is 0 Å². The number of nitrogens with zero attached hydrogens (tertiary/aromatic N) is 2. The van der Waals surface area contributed by atoms with Crippen LogP contribution in [0.1, 0.15) is 12.1 Å². The highest BCUT2D eigenvalue weighted by Crippen LogP contribution is 2.38. The molecule has 2 N–H and O–H groups in total. The van der Waals surface area contributed by atoms with Crippen LogP contribution in [0.4, 0.5) is 0 Å². The molecule has 6 heteroatoms. The van der Waals surface area contributed by atoms with Crippen LogP contribution in [0.5, 0.6) is 0 Å². The van der Waals surface area contributed by atoms with Crippen molar-refractivity contribution in [3.05, 3.63) is 18.0 Å². The van der Waals surface area contributed by atoms with Gasteiger partial charge in [0.2, 0.25) is 5.91 Å². The van der Waals surface area contributed by atoms with Gasteiger partial charge in [0, 0.05) is 13.2 Å². The lowest BCUT2D eigenvalue weighted by Crippen LogP contribution is -2.26. The third-order valence-corrected chi connectivity index (χ3v) is 2.66. The van der Waals surface area contributed by atoms with Crippen molar-refractivity contribution < 1.29 is 14.7 Å². The quantitative estimate of drug-likeness (QED) is 0.737. The van der Waals surface area contributed by atoms with Crippen LogP contribution in [-0.2, 0) is 23.2 Å². The fourth-order valence-corrected chi connectivity index (χ4v) is 1.62. The summed E-state index contributed by atoms with van der Waals surface area (Å²) in [6.07, 6.45) is 2.24. The molecular weight excluding hydrogens is 210 g/mol. The van der Waals surface area contributed by atoms with E-state index in [2.05, 4.69) is 10.4 Å². The van der Waals surface area contributed by atoms with Crippen LogP contribution in [0.3, 0.4) is 0 Å². The molecule has 0 bridgehead atoms. The zero-order chi connectivity index (χ0) is 11.7. The number of aromatic nitrogens is 2. The molecule has 1 heterocycles. The number of nitrogens with one attached hydrogen (secondary N) is 1. The molecule has 1 aromatic rings. The normalized spacial score (nSPS) is 22.8. The molecule has 1 amide bonds. The van der Waals surface area contributed by atoms with E-state index in [0.29, 0.717) is 13.0 Å². The van der Waals surface area contributed by atoms with Gasteiger partial charge in [-0.2, -0.15) is 5.10 Å². The maximum Gasteiger partial charge on any atom is 0.307 e. The lowest BCUT2D eigenvalue weighted by Gasteiger charge is -2.01. The molecule has 0 radical (unpaired) electrons. The molecule has 0 unspecified atom stereocenters. The summed E-state index contributed by atoms with van der Waals surface area (Å²) in [5.41, 5.74) is 0.767. The highest BCUT2D eigenvalue weighted by atomic mass is 16.4. The van der Waals surface area contributed by atoms with Crippen LogP contribution in [0.25, 0.3) is 0 Å². The van der Waals surface area contributed by atoms with E-state index in [9.17, 15) is 9.59 Å². The number of amides is 1. The first kappa shape index (κ1) is 10.7. The number of hydrogen-bond acceptors (Lipinski definition) is 3. The number of aliphatic carboxylic acids is 1. The highest BCUT2D eigenvalue weighted by molar-refractivity contribution is 5.89. The highest BCUT2D eigenvalue weighted by Gasteiger charge is 2.48. The summed E-state index contributed by atoms with van der Waals surface area (Å²) < 4.78 is 1.65. The van der Waals surface area contributed by atoms with Gasteiger partial charge in [0.1, 0.15) is 0 Å². The maximum atomic E-state index is 11.5. The Labute approximate surface area is 92.3 Å². The summed E-state index contributed by atoms with van der Waals surface area (Å²) >= 11 is 0. The third kappa shape index (κ3) is 2.21. The first-order chi connectivity index (χ1) is 7.58. The van der Waals surface area contributed by atoms with Crippen molar-refractivity contribution >= 4 is 11.9 Å². The van der Waals surface area contributed by atoms with E-state index in [1.807, 2.05) is 6.07 Å². The minimum absolute atomic E-state index is 0.196. The number of carbonyl (C=O) groups is 2. The van der Waals surface area contributed by atoms with Crippen LogP contribution in [-0.4, -0.2) is 26.8 Å². The van der Waals surface area contributed by atoms with Crippen molar-refractivity contribution in [3.63, 3.8) is 0 Å². The van der Waals surface area contributed by atoms with E-state index < -0.39 is 11.9 Å². The standard InChI is InChI=1S/C10H13N3O3/c1-13-3-2-6(12-13)5-11-9(14)7-4-8(7)10(15)16/h2-3,7-8H,4-5H2,1H3,(H,11,14)(H,15,16)/t7-,8+/m1/s1. The van der Waals surface area contributed by atoms with Crippen molar-refractivity contribution in [1.82, 2.24) is 15.1 Å². The number of carboxylic acid groups (broad SMARTS) is 1. The van der Waals surface area contributed by atoms with Crippen LogP contribution < -0.4 is 5.32 Å². The van der Waals surface area contributed by atoms with Gasteiger partial charge in [-0.05, 0) is 12.5 Å². The molecule has 2 atom stereocenters. The third-order valence-electron chi connectivity index (χ3n) is 2.66. The average Bonchev–Trinajstić information content (AvgIpc) is 2.93. The minimum atomic E-state index is -0.891. The molecule has 0 saturated heterocycles. The Bertz CT molecular complexity index is 427. The molecule has 16 heavy (non-hydrogen) atoms. The number of hydrogen-bond donors (Lipinski definition) is 2. The van der Waals surface area contributed by atoms with Gasteiger partial charge in [-0.25, -0.2) is 0 Å². The molecule has 1 fully saturated rings. The van der Waals surface area contributed by atoms with Crippen LogP contribution >= 0.6 is 0 Å². The Balaban J connectivity index is 1.79. The second-order valence-electron chi connectivity index (χ2n) is 3.99. The van der Waals surface area contributed by atoms with Crippen molar-refractivity contribution in [2.24, 2.45) is 18.9 Å². The predicted molar refractivity (Wildman–Crippen MR) is 54.3 cm³/mol. The van der Waals surface area contributed by atoms with Gasteiger partial charge >= 0.3 is 5.97 Å². The van der Waals surface area contributed by atoms with Gasteiger partial charge in [0.25, 0.3) is 0 Å². The molecule has 0 aliphatic heterocycles. The number of aryl methyl sites for hydroxylation is 1. The molecule has 6 nitrogen and oxygen atoms in total. The summed E-state index contributed by atoms with van der Waals surface area (Å²) in [5.74, 6) is -1.94. The molecule has 1 saturated carbocycles. The molecular formula is C10H13N3O3. The fraction of sp³-hybridized carbons (Fsp3) is 0.500. The van der Waals surface area contributed by atoms with Crippen molar-refractivity contribution in [2.45, 2.75) is 13.0 Å². The largest absolute Gasteiger partial charge is 0.481 e. The first-order valence-corrected chi connectivity index (χ1v) is 5.07. The number of rotatable bonds is 4. The first-order valence-electron chi connectivity index (χ1n) is 5.07. The van der Waals surface area contributed by atoms with Crippen LogP contribution in [0, 0.1) is 11.8 Å². The fourth-order valence-electron chi connectivity index (χ4n) is 1.62. The Hall–Kier alpha value is -1.85. The second-order valence-corrected chi connectivity index (χ2v) is 3.99. The smallest absolute Gasteiger partial charge is 0.307 e. The molecule has 0 spiro atoms. The summed E-state index contributed by atoms with van der Waals surface area (Å²) in [4.78, 5) is 22.0. The number of carbonyl (C=O) groups excluding carboxylic acids is 1. The summed E-state index contributed by atoms with van der Waals surface area (Å²) in [6, 6.07) is 1.81. The second kappa shape index (κ2) is 3.96. The van der Waals surface area contributed by atoms with Gasteiger partial charge in [0.15, 0.2) is 0 Å². The van der Waals surface area contributed by atoms with E-state index >= 15 is 0 Å². The Morgan fingerprint density at radius 2 is 2.38 bits per heavy atom. The molecule has 1 aliphatic rings. The Morgan fingerprint density at radius 1 is 1.62 bits per heavy atom. The molecule has 1 aromatic heterocycles. The molecule has 0 aromatic carbocycles. The Morgan fingerprint density at radius 3 is 2.88 bits per heavy atom. The van der Waals surface area contributed by atoms with Crippen molar-refractivity contribution in [2.75, 3.05) is 0 Å². The summed E-state index contributed by atoms with van der Waals surface area (Å²) in [5, 5.41) is 15.4. The van der Waals surface area contributed by atoms with E-state index in [-0.39, 0.29) is 11.8 Å². The van der Waals surface area contributed by atoms with Gasteiger partial charge in [-0.3, -0.25) is 14.3 Å². The van der Waals surface area contributed by atoms with E-state index in [4.69, 9.17) is 5.11 Å². The summed E-state index contributed by atoms with van der Waals surface area (Å²) in [7, 11) is 1.80. The van der Waals surface area contributed by atoms with Gasteiger partial charge in [0.05, 0.1) is 24.1 Å². The maximum absolute atomic E-state index is 11.5. The van der Waals surface area contributed by atoms with Gasteiger partial charge in [-0.1, -0.05) is 0 Å². The predicted octanol–water partition coefficient (Wildman–Crippen LogP) is -0.243. The topological polar surface area (TPSA) is 84.2 Å². The SMILES string of the molecule is Cn1ccc(CNC(=O)[C@@H]2C[C@@H]2C(=O)O)n1. The molecule has 2 rings (SSSR count). The number of carboxylic acids is 1. The van der Waals surface area contributed by atoms with Crippen molar-refractivity contribution in [3.8, 4) is 0 Å². The van der Waals surface area contributed by atoms with Gasteiger partial charge in [-0.15, -0.1) is 0 Å². The molecule has 86 valence electrons. The van der Waals surface area contributed by atoms with E-state index in [1.165, 1.54) is 0 Å². The summed E-state index contributed by atoms with van der Waals surface area (Å²) in [6.45, 7) is 0.350. The monoisotopic (exact) mass is 223 g/mol. The zero-order valence-electron chi connectivity index (χ0n) is 8.88. The zero-order valence-corrected chi connectivity index (χ0v) is 8.88. The van der Waals surface area contributed by atoms with E-state index in [1.54, 1.807) is 17.9 Å².